The first-order chi connectivity index (χ1) is 13.6. The molecule has 0 spiro atoms. The van der Waals surface area contributed by atoms with Gasteiger partial charge in [-0.2, -0.15) is 0 Å². The predicted molar refractivity (Wildman–Crippen MR) is 110 cm³/mol. The smallest absolute Gasteiger partial charge is 0.333 e. The molecule has 29 heavy (non-hydrogen) atoms. The highest BCUT2D eigenvalue weighted by Gasteiger charge is 2.40. The summed E-state index contributed by atoms with van der Waals surface area (Å²) in [6.45, 7) is 7.53. The number of nitrogen functional groups attached to an aromatic ring is 1. The van der Waals surface area contributed by atoms with Crippen LogP contribution in [0.25, 0.3) is 0 Å². The molecule has 1 aliphatic carbocycles. The molecule has 7 heteroatoms. The Morgan fingerprint density at radius 1 is 1.21 bits per heavy atom. The maximum absolute atomic E-state index is 15.9. The molecule has 0 aromatic heterocycles. The van der Waals surface area contributed by atoms with Crippen molar-refractivity contribution in [1.82, 2.24) is 0 Å². The van der Waals surface area contributed by atoms with Gasteiger partial charge in [-0.1, -0.05) is 20.8 Å². The lowest BCUT2D eigenvalue weighted by molar-refractivity contribution is -0.132. The summed E-state index contributed by atoms with van der Waals surface area (Å²) in [7, 11) is 0. The fourth-order valence-electron chi connectivity index (χ4n) is 4.97. The zero-order chi connectivity index (χ0) is 21.1. The third-order valence-corrected chi connectivity index (χ3v) is 6.33. The largest absolute Gasteiger partial charge is 0.478 e. The van der Waals surface area contributed by atoms with Crippen LogP contribution in [0.5, 0.6) is 0 Å². The Morgan fingerprint density at radius 3 is 2.52 bits per heavy atom. The fraction of sp³-hybridized carbons (Fsp3) is 0.591. The van der Waals surface area contributed by atoms with Gasteiger partial charge in [-0.15, -0.1) is 0 Å². The van der Waals surface area contributed by atoms with Gasteiger partial charge in [0.05, 0.1) is 16.9 Å². The minimum absolute atomic E-state index is 0.0382. The van der Waals surface area contributed by atoms with E-state index in [-0.39, 0.29) is 46.1 Å². The number of aliphatic carboxylic acids is 1. The molecule has 2 heterocycles. The van der Waals surface area contributed by atoms with Crippen molar-refractivity contribution in [2.24, 2.45) is 11.3 Å². The van der Waals surface area contributed by atoms with Gasteiger partial charge < -0.3 is 20.6 Å². The Kier molecular flexibility index (Phi) is 4.74. The van der Waals surface area contributed by atoms with E-state index in [2.05, 4.69) is 20.8 Å². The van der Waals surface area contributed by atoms with Crippen LogP contribution in [0.1, 0.15) is 52.0 Å². The minimum atomic E-state index is -1.09. The third kappa shape index (κ3) is 3.55. The first-order valence-corrected chi connectivity index (χ1v) is 10.4. The fourth-order valence-corrected chi connectivity index (χ4v) is 4.97. The van der Waals surface area contributed by atoms with Gasteiger partial charge in [0.2, 0.25) is 0 Å². The van der Waals surface area contributed by atoms with E-state index >= 15 is 8.78 Å². The SMILES string of the molecule is CC1CCN(c2c(F)c(N)c3c(c2F)N(C2CC2)C=C(C(=O)O)C3)CC(C)(C)C1. The van der Waals surface area contributed by atoms with Crippen LogP contribution in [-0.2, 0) is 11.2 Å². The van der Waals surface area contributed by atoms with Crippen molar-refractivity contribution < 1.29 is 18.7 Å². The number of rotatable bonds is 3. The second kappa shape index (κ2) is 6.89. The number of hydrogen-bond donors (Lipinski definition) is 2. The molecular formula is C22H29F2N3O2. The summed E-state index contributed by atoms with van der Waals surface area (Å²) in [5.41, 5.74) is 6.47. The molecule has 3 N–H and O–H groups in total. The summed E-state index contributed by atoms with van der Waals surface area (Å²) in [5.74, 6) is -2.01. The van der Waals surface area contributed by atoms with Crippen LogP contribution in [0.3, 0.4) is 0 Å². The zero-order valence-electron chi connectivity index (χ0n) is 17.3. The van der Waals surface area contributed by atoms with E-state index in [1.54, 1.807) is 9.80 Å². The van der Waals surface area contributed by atoms with Crippen LogP contribution >= 0.6 is 0 Å². The number of benzene rings is 1. The van der Waals surface area contributed by atoms with E-state index in [1.165, 1.54) is 6.20 Å². The molecule has 5 nitrogen and oxygen atoms in total. The lowest BCUT2D eigenvalue weighted by Gasteiger charge is -2.35. The van der Waals surface area contributed by atoms with E-state index in [1.807, 2.05) is 0 Å². The summed E-state index contributed by atoms with van der Waals surface area (Å²) in [6.07, 6.45) is 4.98. The van der Waals surface area contributed by atoms with Crippen molar-refractivity contribution in [3.63, 3.8) is 0 Å². The van der Waals surface area contributed by atoms with Crippen molar-refractivity contribution in [3.05, 3.63) is 29.0 Å². The number of carboxylic acid groups (broad SMARTS) is 1. The van der Waals surface area contributed by atoms with E-state index in [4.69, 9.17) is 5.73 Å². The number of halogens is 2. The Labute approximate surface area is 170 Å². The lowest BCUT2D eigenvalue weighted by atomic mass is 9.83. The number of carboxylic acids is 1. The van der Waals surface area contributed by atoms with Crippen molar-refractivity contribution in [2.75, 3.05) is 28.6 Å². The molecule has 2 aliphatic heterocycles. The van der Waals surface area contributed by atoms with Gasteiger partial charge in [-0.05, 0) is 37.0 Å². The maximum atomic E-state index is 15.9. The molecule has 1 unspecified atom stereocenters. The average molecular weight is 405 g/mol. The monoisotopic (exact) mass is 405 g/mol. The van der Waals surface area contributed by atoms with E-state index in [0.29, 0.717) is 19.0 Å². The quantitative estimate of drug-likeness (QED) is 0.734. The van der Waals surface area contributed by atoms with Crippen molar-refractivity contribution in [3.8, 4) is 0 Å². The Balaban J connectivity index is 1.84. The second-order valence-corrected chi connectivity index (χ2v) is 9.68. The standard InChI is InChI=1S/C22H29F2N3O2/c1-12-6-7-26(11-22(2,3)9-12)20-16(23)18(25)15-8-13(21(28)29)10-27(14-4-5-14)19(15)17(20)24/h10,12,14H,4-9,11,25H2,1-3H3,(H,28,29). The molecular weight excluding hydrogens is 376 g/mol. The first-order valence-electron chi connectivity index (χ1n) is 10.4. The van der Waals surface area contributed by atoms with Gasteiger partial charge in [0.1, 0.15) is 5.69 Å². The molecule has 4 rings (SSSR count). The highest BCUT2D eigenvalue weighted by Crippen LogP contribution is 2.47. The molecule has 1 atom stereocenters. The summed E-state index contributed by atoms with van der Waals surface area (Å²) < 4.78 is 31.3. The maximum Gasteiger partial charge on any atom is 0.333 e. The summed E-state index contributed by atoms with van der Waals surface area (Å²) in [6, 6.07) is 0.0382. The normalized spacial score (nSPS) is 24.0. The van der Waals surface area contributed by atoms with E-state index in [9.17, 15) is 9.90 Å². The topological polar surface area (TPSA) is 69.8 Å². The van der Waals surface area contributed by atoms with E-state index in [0.717, 1.165) is 25.7 Å². The zero-order valence-corrected chi connectivity index (χ0v) is 17.3. The highest BCUT2D eigenvalue weighted by atomic mass is 19.1. The van der Waals surface area contributed by atoms with Crippen molar-refractivity contribution >= 4 is 23.0 Å². The van der Waals surface area contributed by atoms with Crippen molar-refractivity contribution in [1.29, 1.82) is 0 Å². The highest BCUT2D eigenvalue weighted by molar-refractivity contribution is 5.91. The number of carbonyl (C=O) groups is 1. The molecule has 0 amide bonds. The molecule has 0 radical (unpaired) electrons. The van der Waals surface area contributed by atoms with Crippen LogP contribution in [0, 0.1) is 23.0 Å². The summed E-state index contributed by atoms with van der Waals surface area (Å²) in [5, 5.41) is 9.45. The van der Waals surface area contributed by atoms with Crippen molar-refractivity contribution in [2.45, 2.75) is 58.9 Å². The molecule has 1 aromatic carbocycles. The molecule has 1 saturated carbocycles. The minimum Gasteiger partial charge on any atom is -0.478 e. The number of anilines is 3. The number of hydrogen-bond acceptors (Lipinski definition) is 4. The molecule has 3 aliphatic rings. The van der Waals surface area contributed by atoms with Gasteiger partial charge >= 0.3 is 5.97 Å². The predicted octanol–water partition coefficient (Wildman–Crippen LogP) is 4.30. The molecule has 0 bridgehead atoms. The Bertz CT molecular complexity index is 893. The van der Waals surface area contributed by atoms with E-state index < -0.39 is 17.6 Å². The number of fused-ring (bicyclic) bond motifs is 1. The summed E-state index contributed by atoms with van der Waals surface area (Å²) in [4.78, 5) is 15.0. The van der Waals surface area contributed by atoms with Crippen LogP contribution < -0.4 is 15.5 Å². The molecule has 158 valence electrons. The lowest BCUT2D eigenvalue weighted by Crippen LogP contribution is -2.35. The van der Waals surface area contributed by atoms with Crippen LogP contribution in [0.2, 0.25) is 0 Å². The molecule has 2 fully saturated rings. The number of nitrogens with zero attached hydrogens (tertiary/aromatic N) is 2. The van der Waals surface area contributed by atoms with Crippen LogP contribution in [0.4, 0.5) is 25.8 Å². The van der Waals surface area contributed by atoms with Crippen LogP contribution in [-0.4, -0.2) is 30.2 Å². The second-order valence-electron chi connectivity index (χ2n) is 9.68. The van der Waals surface area contributed by atoms with Gasteiger partial charge in [0, 0.05) is 37.3 Å². The van der Waals surface area contributed by atoms with Gasteiger partial charge in [-0.3, -0.25) is 0 Å². The third-order valence-electron chi connectivity index (χ3n) is 6.33. The molecule has 1 saturated heterocycles. The summed E-state index contributed by atoms with van der Waals surface area (Å²) >= 11 is 0. The number of nitrogens with two attached hydrogens (primary N) is 1. The van der Waals surface area contributed by atoms with Gasteiger partial charge in [0.15, 0.2) is 11.6 Å². The molecule has 1 aromatic rings. The van der Waals surface area contributed by atoms with Gasteiger partial charge in [0.25, 0.3) is 0 Å². The van der Waals surface area contributed by atoms with Crippen LogP contribution in [0.15, 0.2) is 11.8 Å². The van der Waals surface area contributed by atoms with Gasteiger partial charge in [-0.25, -0.2) is 13.6 Å². The first kappa shape index (κ1) is 20.0. The average Bonchev–Trinajstić information content (AvgIpc) is 3.47. The Hall–Kier alpha value is -2.31. The Morgan fingerprint density at radius 2 is 1.90 bits per heavy atom.